The van der Waals surface area contributed by atoms with Crippen molar-refractivity contribution in [2.75, 3.05) is 13.2 Å². The molecule has 14 heteroatoms. The maximum atomic E-state index is 13.2. The van der Waals surface area contributed by atoms with Gasteiger partial charge in [0.25, 0.3) is 0 Å². The van der Waals surface area contributed by atoms with Crippen LogP contribution in [0.5, 0.6) is 23.0 Å². The smallest absolute Gasteiger partial charge is 0.343 e. The van der Waals surface area contributed by atoms with E-state index in [0.29, 0.717) is 24.7 Å². The molecule has 1 aliphatic rings. The van der Waals surface area contributed by atoms with Crippen molar-refractivity contribution in [1.29, 1.82) is 0 Å². The molecule has 0 amide bonds. The van der Waals surface area contributed by atoms with E-state index in [0.717, 1.165) is 25.7 Å². The van der Waals surface area contributed by atoms with Gasteiger partial charge in [-0.3, -0.25) is 9.59 Å². The first kappa shape index (κ1) is 60.6. The Morgan fingerprint density at radius 2 is 0.539 bits per heavy atom. The maximum Gasteiger partial charge on any atom is 0.343 e. The summed E-state index contributed by atoms with van der Waals surface area (Å²) in [6, 6.07) is 23.8. The minimum Gasteiger partial charge on any atom is -0.494 e. The molecule has 0 fully saturated rings. The summed E-state index contributed by atoms with van der Waals surface area (Å²) in [5.74, 6) is -6.01. The summed E-state index contributed by atoms with van der Waals surface area (Å²) < 4.78 is 33.1. The van der Waals surface area contributed by atoms with E-state index >= 15 is 0 Å². The predicted octanol–water partition coefficient (Wildman–Crippen LogP) is 16.4. The minimum absolute atomic E-state index is 0.0824. The van der Waals surface area contributed by atoms with Gasteiger partial charge in [-0.25, -0.2) is 19.2 Å². The first-order valence-corrected chi connectivity index (χ1v) is 28.2. The lowest BCUT2D eigenvalue weighted by atomic mass is 10.1. The van der Waals surface area contributed by atoms with Gasteiger partial charge in [0.2, 0.25) is 23.1 Å². The van der Waals surface area contributed by atoms with E-state index in [-0.39, 0.29) is 33.8 Å². The van der Waals surface area contributed by atoms with Gasteiger partial charge in [0.05, 0.1) is 35.5 Å². The fourth-order valence-corrected chi connectivity index (χ4v) is 8.80. The maximum absolute atomic E-state index is 13.2. The fraction of sp³-hybridized carbons (Fsp3) is 0.452. The number of carbonyl (C=O) groups is 6. The van der Waals surface area contributed by atoms with Crippen LogP contribution in [0.4, 0.5) is 0 Å². The van der Waals surface area contributed by atoms with Crippen LogP contribution in [-0.4, -0.2) is 48.7 Å². The van der Waals surface area contributed by atoms with Gasteiger partial charge < -0.3 is 28.4 Å². The number of hydrogen-bond acceptors (Lipinski definition) is 12. The Morgan fingerprint density at radius 1 is 0.316 bits per heavy atom. The van der Waals surface area contributed by atoms with Gasteiger partial charge in [-0.05, 0) is 110 Å². The van der Waals surface area contributed by atoms with Crippen LogP contribution < -0.4 is 18.9 Å². The number of benzene rings is 4. The van der Waals surface area contributed by atoms with Crippen LogP contribution in [0.3, 0.4) is 0 Å². The molecule has 12 nitrogen and oxygen atoms in total. The van der Waals surface area contributed by atoms with Crippen molar-refractivity contribution < 1.29 is 57.2 Å². The zero-order chi connectivity index (χ0) is 54.3. The van der Waals surface area contributed by atoms with Gasteiger partial charge in [0.1, 0.15) is 33.1 Å². The third-order valence-corrected chi connectivity index (χ3v) is 13.6. The van der Waals surface area contributed by atoms with Crippen LogP contribution in [0, 0.1) is 0 Å². The molecule has 408 valence electrons. The fourth-order valence-electron chi connectivity index (χ4n) is 8.38. The van der Waals surface area contributed by atoms with Crippen molar-refractivity contribution in [2.45, 2.75) is 168 Å². The lowest BCUT2D eigenvalue weighted by Crippen LogP contribution is -2.26. The van der Waals surface area contributed by atoms with Crippen molar-refractivity contribution in [2.24, 2.45) is 0 Å². The van der Waals surface area contributed by atoms with Crippen molar-refractivity contribution in [3.63, 3.8) is 0 Å². The van der Waals surface area contributed by atoms with Crippen LogP contribution in [-0.2, 0) is 19.1 Å². The van der Waals surface area contributed by atoms with E-state index in [1.165, 1.54) is 177 Å². The van der Waals surface area contributed by atoms with Crippen molar-refractivity contribution >= 4 is 58.6 Å². The second-order valence-corrected chi connectivity index (χ2v) is 19.8. The summed E-state index contributed by atoms with van der Waals surface area (Å²) in [4.78, 5) is 78.3. The highest BCUT2D eigenvalue weighted by molar-refractivity contribution is 6.55. The molecule has 0 spiro atoms. The zero-order valence-corrected chi connectivity index (χ0v) is 45.8. The van der Waals surface area contributed by atoms with Crippen molar-refractivity contribution in [1.82, 2.24) is 0 Å². The van der Waals surface area contributed by atoms with Crippen LogP contribution in [0.15, 0.2) is 119 Å². The standard InChI is InChI=1S/C62H74Cl2O12/c1-3-5-7-9-11-13-15-17-19-21-23-25-43-71-49-35-27-45(28-36-49)59(67)73-51-39-31-47(32-40-51)61(69)75-57-53(63)56(66)58(54(64)55(57)65)76-62(70)48-33-41-52(42-34-48)74-60(68)46-29-37-50(38-30-46)72-44-26-24-22-20-18-16-14-12-10-8-6-4-2/h27-42H,3-26,43-44H2,1-2H3. The molecule has 0 atom stereocenters. The number of hydrogen-bond donors (Lipinski definition) is 0. The van der Waals surface area contributed by atoms with Crippen LogP contribution >= 0.6 is 23.2 Å². The van der Waals surface area contributed by atoms with Gasteiger partial charge in [-0.15, -0.1) is 0 Å². The molecule has 0 aliphatic heterocycles. The number of unbranched alkanes of at least 4 members (excludes halogenated alkanes) is 22. The first-order valence-electron chi connectivity index (χ1n) is 27.4. The number of rotatable bonds is 36. The number of halogens is 2. The van der Waals surface area contributed by atoms with Crippen molar-refractivity contribution in [3.05, 3.63) is 141 Å². The molecule has 0 heterocycles. The second kappa shape index (κ2) is 34.4. The molecule has 4 aromatic carbocycles. The highest BCUT2D eigenvalue weighted by atomic mass is 35.5. The van der Waals surface area contributed by atoms with Gasteiger partial charge >= 0.3 is 23.9 Å². The van der Waals surface area contributed by atoms with Crippen LogP contribution in [0.1, 0.15) is 209 Å². The molecule has 0 aromatic heterocycles. The molecule has 5 rings (SSSR count). The van der Waals surface area contributed by atoms with E-state index < -0.39 is 57.0 Å². The average molecular weight is 1080 g/mol. The molecule has 0 saturated carbocycles. The van der Waals surface area contributed by atoms with Crippen molar-refractivity contribution in [3.8, 4) is 23.0 Å². The summed E-state index contributed by atoms with van der Waals surface area (Å²) in [6.07, 6.45) is 30.3. The molecule has 4 aromatic rings. The molecule has 0 bridgehead atoms. The molecule has 0 saturated heterocycles. The summed E-state index contributed by atoms with van der Waals surface area (Å²) in [5, 5.41) is -1.70. The summed E-state index contributed by atoms with van der Waals surface area (Å²) in [5.41, 5.74) is 0.414. The Labute approximate surface area is 458 Å². The molecular weight excluding hydrogens is 1010 g/mol. The SMILES string of the molecule is CCCCCCCCCCCCCCOc1ccc(C(=O)Oc2ccc(C(=O)OC3=C(Cl)C(=O)C(OC(=O)c4ccc(OC(=O)c5ccc(OCCCCCCCCCCCCCC)cc5)cc4)=C(Cl)C3=O)cc2)cc1. The number of carbonyl (C=O) groups excluding carboxylic acids is 6. The Balaban J connectivity index is 0.987. The Bertz CT molecular complexity index is 2350. The largest absolute Gasteiger partial charge is 0.494 e. The molecule has 0 radical (unpaired) electrons. The predicted molar refractivity (Wildman–Crippen MR) is 295 cm³/mol. The number of Topliss-reactive ketones (excluding diaryl/α,β-unsaturated/α-hetero) is 2. The lowest BCUT2D eigenvalue weighted by molar-refractivity contribution is -0.119. The number of ketones is 2. The van der Waals surface area contributed by atoms with Crippen LogP contribution in [0.25, 0.3) is 0 Å². The van der Waals surface area contributed by atoms with Gasteiger partial charge in [-0.2, -0.15) is 0 Å². The topological polar surface area (TPSA) is 158 Å². The van der Waals surface area contributed by atoms with Gasteiger partial charge in [-0.1, -0.05) is 178 Å². The molecule has 0 N–H and O–H groups in total. The third-order valence-electron chi connectivity index (χ3n) is 12.9. The number of allylic oxidation sites excluding steroid dienone is 2. The van der Waals surface area contributed by atoms with E-state index in [4.69, 9.17) is 51.6 Å². The average Bonchev–Trinajstić information content (AvgIpc) is 3.43. The molecular formula is C62H74Cl2O12. The monoisotopic (exact) mass is 1080 g/mol. The summed E-state index contributed by atoms with van der Waals surface area (Å²) >= 11 is 12.4. The second-order valence-electron chi connectivity index (χ2n) is 19.1. The first-order chi connectivity index (χ1) is 37.0. The molecule has 1 aliphatic carbocycles. The normalized spacial score (nSPS) is 12.4. The number of esters is 4. The Morgan fingerprint density at radius 3 is 0.803 bits per heavy atom. The Kier molecular flexibility index (Phi) is 27.5. The molecule has 76 heavy (non-hydrogen) atoms. The Hall–Kier alpha value is -6.24. The lowest BCUT2D eigenvalue weighted by Gasteiger charge is -2.17. The minimum atomic E-state index is -1.19. The van der Waals surface area contributed by atoms with E-state index in [1.807, 2.05) is 0 Å². The summed E-state index contributed by atoms with van der Waals surface area (Å²) in [7, 11) is 0. The highest BCUT2D eigenvalue weighted by Gasteiger charge is 2.39. The quantitative estimate of drug-likeness (QED) is 0.0184. The summed E-state index contributed by atoms with van der Waals surface area (Å²) in [6.45, 7) is 5.67. The van der Waals surface area contributed by atoms with Gasteiger partial charge in [0, 0.05) is 0 Å². The number of ether oxygens (including phenoxy) is 6. The highest BCUT2D eigenvalue weighted by Crippen LogP contribution is 2.32. The zero-order valence-electron chi connectivity index (χ0n) is 44.3. The van der Waals surface area contributed by atoms with E-state index in [2.05, 4.69) is 13.8 Å². The van der Waals surface area contributed by atoms with E-state index in [9.17, 15) is 28.8 Å². The van der Waals surface area contributed by atoms with E-state index in [1.54, 1.807) is 48.5 Å². The van der Waals surface area contributed by atoms with Gasteiger partial charge in [0.15, 0.2) is 0 Å². The van der Waals surface area contributed by atoms with Crippen LogP contribution in [0.2, 0.25) is 0 Å². The molecule has 0 unspecified atom stereocenters. The third kappa shape index (κ3) is 21.1.